The van der Waals surface area contributed by atoms with Crippen LogP contribution in [-0.2, 0) is 6.42 Å². The van der Waals surface area contributed by atoms with E-state index in [2.05, 4.69) is 28.7 Å². The van der Waals surface area contributed by atoms with Gasteiger partial charge in [-0.3, -0.25) is 0 Å². The SMILES string of the molecule is C=CCSc1nccc(Cc2ccccc2)n1. The first-order chi connectivity index (χ1) is 8.38. The molecule has 2 nitrogen and oxygen atoms in total. The summed E-state index contributed by atoms with van der Waals surface area (Å²) in [5.41, 5.74) is 2.32. The van der Waals surface area contributed by atoms with Crippen LogP contribution in [-0.4, -0.2) is 15.7 Å². The molecule has 2 rings (SSSR count). The molecule has 0 unspecified atom stereocenters. The molecule has 0 aliphatic heterocycles. The topological polar surface area (TPSA) is 25.8 Å². The fourth-order valence-corrected chi connectivity index (χ4v) is 2.07. The molecule has 0 N–H and O–H groups in total. The van der Waals surface area contributed by atoms with Crippen molar-refractivity contribution in [2.24, 2.45) is 0 Å². The Hall–Kier alpha value is -1.61. The lowest BCUT2D eigenvalue weighted by Crippen LogP contribution is -1.95. The summed E-state index contributed by atoms with van der Waals surface area (Å²) >= 11 is 1.60. The van der Waals surface area contributed by atoms with Gasteiger partial charge in [-0.1, -0.05) is 48.2 Å². The maximum Gasteiger partial charge on any atom is 0.188 e. The van der Waals surface area contributed by atoms with E-state index in [9.17, 15) is 0 Å². The predicted molar refractivity (Wildman–Crippen MR) is 72.2 cm³/mol. The van der Waals surface area contributed by atoms with E-state index in [0.717, 1.165) is 23.0 Å². The number of benzene rings is 1. The van der Waals surface area contributed by atoms with Crippen LogP contribution < -0.4 is 0 Å². The molecule has 0 atom stereocenters. The molecule has 0 spiro atoms. The molecule has 2 aromatic rings. The summed E-state index contributed by atoms with van der Waals surface area (Å²) in [6.07, 6.45) is 4.53. The first kappa shape index (κ1) is 11.9. The molecule has 1 heterocycles. The van der Waals surface area contributed by atoms with Crippen molar-refractivity contribution in [3.05, 3.63) is 66.5 Å². The molecule has 0 aliphatic rings. The third kappa shape index (κ3) is 3.71. The largest absolute Gasteiger partial charge is 0.231 e. The van der Waals surface area contributed by atoms with Crippen LogP contribution in [0.2, 0.25) is 0 Å². The summed E-state index contributed by atoms with van der Waals surface area (Å²) in [4.78, 5) is 8.73. The second kappa shape index (κ2) is 6.21. The average Bonchev–Trinajstić information content (AvgIpc) is 2.38. The van der Waals surface area contributed by atoms with E-state index in [1.165, 1.54) is 5.56 Å². The molecule has 1 aromatic carbocycles. The second-order valence-electron chi connectivity index (χ2n) is 3.59. The van der Waals surface area contributed by atoms with E-state index in [4.69, 9.17) is 0 Å². The lowest BCUT2D eigenvalue weighted by atomic mass is 10.1. The normalized spacial score (nSPS) is 10.1. The van der Waals surface area contributed by atoms with E-state index in [-0.39, 0.29) is 0 Å². The molecule has 0 saturated heterocycles. The smallest absolute Gasteiger partial charge is 0.188 e. The summed E-state index contributed by atoms with van der Waals surface area (Å²) in [6.45, 7) is 3.69. The third-order valence-corrected chi connectivity index (χ3v) is 3.11. The summed E-state index contributed by atoms with van der Waals surface area (Å²) in [5, 5.41) is 0.818. The lowest BCUT2D eigenvalue weighted by molar-refractivity contribution is 0.904. The number of nitrogens with zero attached hydrogens (tertiary/aromatic N) is 2. The van der Waals surface area contributed by atoms with Gasteiger partial charge in [-0.05, 0) is 11.6 Å². The Kier molecular flexibility index (Phi) is 4.33. The van der Waals surface area contributed by atoms with Gasteiger partial charge >= 0.3 is 0 Å². The molecule has 0 amide bonds. The molecule has 1 aromatic heterocycles. The molecule has 0 aliphatic carbocycles. The zero-order chi connectivity index (χ0) is 11.9. The van der Waals surface area contributed by atoms with Crippen LogP contribution >= 0.6 is 11.8 Å². The summed E-state index contributed by atoms with van der Waals surface area (Å²) in [6, 6.07) is 12.3. The van der Waals surface area contributed by atoms with Crippen molar-refractivity contribution < 1.29 is 0 Å². The van der Waals surface area contributed by atoms with E-state index in [1.54, 1.807) is 11.8 Å². The van der Waals surface area contributed by atoms with Gasteiger partial charge in [0.15, 0.2) is 5.16 Å². The van der Waals surface area contributed by atoms with Gasteiger partial charge < -0.3 is 0 Å². The van der Waals surface area contributed by atoms with E-state index >= 15 is 0 Å². The molecule has 17 heavy (non-hydrogen) atoms. The summed E-state index contributed by atoms with van der Waals surface area (Å²) in [5.74, 6) is 0.842. The van der Waals surface area contributed by atoms with Crippen LogP contribution in [0.5, 0.6) is 0 Å². The van der Waals surface area contributed by atoms with Crippen LogP contribution in [0.3, 0.4) is 0 Å². The lowest BCUT2D eigenvalue weighted by Gasteiger charge is -2.02. The van der Waals surface area contributed by atoms with Crippen LogP contribution in [0.25, 0.3) is 0 Å². The van der Waals surface area contributed by atoms with Crippen LogP contribution in [0.15, 0.2) is 60.4 Å². The van der Waals surface area contributed by atoms with Gasteiger partial charge in [-0.15, -0.1) is 6.58 Å². The monoisotopic (exact) mass is 242 g/mol. The highest BCUT2D eigenvalue weighted by Gasteiger charge is 2.00. The number of hydrogen-bond acceptors (Lipinski definition) is 3. The Bertz CT molecular complexity index is 483. The molecule has 86 valence electrons. The fraction of sp³-hybridized carbons (Fsp3) is 0.143. The zero-order valence-corrected chi connectivity index (χ0v) is 10.4. The number of hydrogen-bond donors (Lipinski definition) is 0. The molecule has 3 heteroatoms. The highest BCUT2D eigenvalue weighted by Crippen LogP contribution is 2.14. The summed E-state index contributed by atoms with van der Waals surface area (Å²) < 4.78 is 0. The minimum atomic E-state index is 0.818. The van der Waals surface area contributed by atoms with E-state index in [0.29, 0.717) is 0 Å². The Morgan fingerprint density at radius 3 is 2.76 bits per heavy atom. The number of aromatic nitrogens is 2. The maximum absolute atomic E-state index is 4.51. The minimum absolute atomic E-state index is 0.818. The minimum Gasteiger partial charge on any atom is -0.231 e. The molecule has 0 saturated carbocycles. The standard InChI is InChI=1S/C14H14N2S/c1-2-10-17-14-15-9-8-13(16-14)11-12-6-4-3-5-7-12/h2-9H,1,10-11H2. The average molecular weight is 242 g/mol. The highest BCUT2D eigenvalue weighted by molar-refractivity contribution is 7.99. The van der Waals surface area contributed by atoms with Gasteiger partial charge in [0.2, 0.25) is 0 Å². The van der Waals surface area contributed by atoms with E-state index < -0.39 is 0 Å². The van der Waals surface area contributed by atoms with Gasteiger partial charge in [0.05, 0.1) is 0 Å². The van der Waals surface area contributed by atoms with Crippen molar-refractivity contribution in [3.8, 4) is 0 Å². The van der Waals surface area contributed by atoms with Gasteiger partial charge in [0.25, 0.3) is 0 Å². The van der Waals surface area contributed by atoms with Gasteiger partial charge in [0, 0.05) is 24.1 Å². The van der Waals surface area contributed by atoms with Gasteiger partial charge in [-0.25, -0.2) is 9.97 Å². The Morgan fingerprint density at radius 2 is 2.00 bits per heavy atom. The molecular weight excluding hydrogens is 228 g/mol. The first-order valence-corrected chi connectivity index (χ1v) is 6.46. The first-order valence-electron chi connectivity index (χ1n) is 5.48. The third-order valence-electron chi connectivity index (χ3n) is 2.25. The van der Waals surface area contributed by atoms with E-state index in [1.807, 2.05) is 36.5 Å². The van der Waals surface area contributed by atoms with Gasteiger partial charge in [0.1, 0.15) is 0 Å². The molecular formula is C14H14N2S. The molecule has 0 bridgehead atoms. The Morgan fingerprint density at radius 1 is 1.18 bits per heavy atom. The van der Waals surface area contributed by atoms with Crippen molar-refractivity contribution in [2.45, 2.75) is 11.6 Å². The fourth-order valence-electron chi connectivity index (χ4n) is 1.48. The summed E-state index contributed by atoms with van der Waals surface area (Å²) in [7, 11) is 0. The molecule has 0 fully saturated rings. The Balaban J connectivity index is 2.08. The van der Waals surface area contributed by atoms with Crippen molar-refractivity contribution in [2.75, 3.05) is 5.75 Å². The number of rotatable bonds is 5. The molecule has 0 radical (unpaired) electrons. The predicted octanol–water partition coefficient (Wildman–Crippen LogP) is 3.35. The zero-order valence-electron chi connectivity index (χ0n) is 9.54. The maximum atomic E-state index is 4.51. The van der Waals surface area contributed by atoms with Crippen molar-refractivity contribution >= 4 is 11.8 Å². The van der Waals surface area contributed by atoms with Crippen LogP contribution in [0.1, 0.15) is 11.3 Å². The quantitative estimate of drug-likeness (QED) is 0.457. The van der Waals surface area contributed by atoms with Crippen LogP contribution in [0.4, 0.5) is 0 Å². The number of thioether (sulfide) groups is 1. The van der Waals surface area contributed by atoms with Crippen molar-refractivity contribution in [3.63, 3.8) is 0 Å². The van der Waals surface area contributed by atoms with Crippen molar-refractivity contribution in [1.82, 2.24) is 9.97 Å². The Labute approximate surface area is 106 Å². The second-order valence-corrected chi connectivity index (χ2v) is 4.58. The van der Waals surface area contributed by atoms with Crippen LogP contribution in [0, 0.1) is 0 Å². The van der Waals surface area contributed by atoms with Gasteiger partial charge in [-0.2, -0.15) is 0 Å². The van der Waals surface area contributed by atoms with Crippen molar-refractivity contribution in [1.29, 1.82) is 0 Å². The highest BCUT2D eigenvalue weighted by atomic mass is 32.2.